The number of carbonyl (C=O) groups is 1. The summed E-state index contributed by atoms with van der Waals surface area (Å²) in [4.78, 5) is 18.0. The molecule has 1 aromatic heterocycles. The molecule has 0 fully saturated rings. The van der Waals surface area contributed by atoms with E-state index < -0.39 is 18.1 Å². The number of carboxylic acid groups (broad SMARTS) is 1. The van der Waals surface area contributed by atoms with Crippen LogP contribution in [0.5, 0.6) is 17.2 Å². The molecule has 0 radical (unpaired) electrons. The predicted octanol–water partition coefficient (Wildman–Crippen LogP) is 6.83. The first-order chi connectivity index (χ1) is 24.0. The molecule has 1 aliphatic carbocycles. The normalized spacial score (nSPS) is 14.9. The fourth-order valence-electron chi connectivity index (χ4n) is 5.75. The lowest BCUT2D eigenvalue weighted by Crippen LogP contribution is -2.52. The van der Waals surface area contributed by atoms with Crippen LogP contribution in [0, 0.1) is 11.3 Å². The average molecular weight is 720 g/mol. The maximum Gasteiger partial charge on any atom is 0.326 e. The van der Waals surface area contributed by atoms with Gasteiger partial charge in [0.05, 0.1) is 28.8 Å². The smallest absolute Gasteiger partial charge is 0.326 e. The Kier molecular flexibility index (Phi) is 12.2. The van der Waals surface area contributed by atoms with Crippen LogP contribution in [0.25, 0.3) is 11.1 Å². The van der Waals surface area contributed by atoms with Gasteiger partial charge in [-0.3, -0.25) is 15.1 Å². The van der Waals surface area contributed by atoms with Crippen molar-refractivity contribution >= 4 is 29.2 Å². The lowest BCUT2D eigenvalue weighted by molar-refractivity contribution is -0.145. The van der Waals surface area contributed by atoms with Gasteiger partial charge in [0.1, 0.15) is 41.6 Å². The van der Waals surface area contributed by atoms with E-state index >= 15 is 0 Å². The van der Waals surface area contributed by atoms with Crippen molar-refractivity contribution in [2.24, 2.45) is 0 Å². The number of aromatic nitrogens is 1. The van der Waals surface area contributed by atoms with Crippen molar-refractivity contribution in [3.05, 3.63) is 105 Å². The summed E-state index contributed by atoms with van der Waals surface area (Å²) in [7, 11) is 4.06. The molecule has 262 valence electrons. The number of rotatable bonds is 16. The minimum absolute atomic E-state index is 0.0317. The summed E-state index contributed by atoms with van der Waals surface area (Å²) >= 11 is 13.7. The van der Waals surface area contributed by atoms with Crippen molar-refractivity contribution in [3.63, 3.8) is 0 Å². The van der Waals surface area contributed by atoms with E-state index in [1.54, 1.807) is 24.4 Å². The molecule has 1 unspecified atom stereocenters. The third-order valence-electron chi connectivity index (χ3n) is 8.64. The lowest BCUT2D eigenvalue weighted by atomic mass is 9.96. The van der Waals surface area contributed by atoms with E-state index in [9.17, 15) is 20.3 Å². The van der Waals surface area contributed by atoms with E-state index in [0.717, 1.165) is 41.6 Å². The van der Waals surface area contributed by atoms with Crippen LogP contribution in [0.1, 0.15) is 53.7 Å². The Balaban J connectivity index is 1.40. The molecular formula is C38H40Cl2N4O6. The molecule has 1 heterocycles. The number of nitriles is 1. The second-order valence-electron chi connectivity index (χ2n) is 12.7. The van der Waals surface area contributed by atoms with Gasteiger partial charge in [-0.05, 0) is 75.2 Å². The number of nitrogens with one attached hydrogen (secondary N) is 1. The van der Waals surface area contributed by atoms with Crippen LogP contribution in [0.15, 0.2) is 67.0 Å². The molecule has 3 N–H and O–H groups in total. The number of aliphatic hydroxyl groups excluding tert-OH is 1. The van der Waals surface area contributed by atoms with Crippen molar-refractivity contribution < 1.29 is 29.2 Å². The standard InChI is InChI=1S/C38H40Cl2N4O6/c1-38(23-45,37(46)47)43-21-26-16-31(39)35(17-34(26)49-22-25-15-24(18-41)19-42-20-25)50-32-12-11-28-27(7-4-8-29(28)32)30-9-5-10-33(36(30)40)48-14-6-13-44(2)3/h4-5,7-10,15-17,19-20,32,43,45H,6,11-14,21-23H2,1-3H3,(H,46,47)/t32-,38?/m0/s1. The summed E-state index contributed by atoms with van der Waals surface area (Å²) in [6, 6.07) is 19.0. The van der Waals surface area contributed by atoms with E-state index in [4.69, 9.17) is 37.4 Å². The van der Waals surface area contributed by atoms with Crippen molar-refractivity contribution in [1.29, 1.82) is 5.26 Å². The van der Waals surface area contributed by atoms with Gasteiger partial charge in [-0.1, -0.05) is 53.5 Å². The number of halogens is 2. The van der Waals surface area contributed by atoms with E-state index in [2.05, 4.69) is 27.3 Å². The number of aliphatic hydroxyl groups is 1. The Morgan fingerprint density at radius 2 is 1.86 bits per heavy atom. The number of fused-ring (bicyclic) bond motifs is 1. The summed E-state index contributed by atoms with van der Waals surface area (Å²) < 4.78 is 18.8. The Morgan fingerprint density at radius 1 is 1.08 bits per heavy atom. The van der Waals surface area contributed by atoms with Gasteiger partial charge in [-0.25, -0.2) is 0 Å². The third-order valence-corrected chi connectivity index (χ3v) is 9.32. The number of ether oxygens (including phenoxy) is 3. The molecule has 3 aromatic carbocycles. The molecule has 0 saturated carbocycles. The minimum Gasteiger partial charge on any atom is -0.492 e. The van der Waals surface area contributed by atoms with Gasteiger partial charge in [0.2, 0.25) is 0 Å². The molecule has 50 heavy (non-hydrogen) atoms. The summed E-state index contributed by atoms with van der Waals surface area (Å²) in [5.74, 6) is 0.240. The first-order valence-corrected chi connectivity index (χ1v) is 17.0. The van der Waals surface area contributed by atoms with E-state index in [0.29, 0.717) is 57.0 Å². The molecule has 0 aliphatic heterocycles. The summed E-state index contributed by atoms with van der Waals surface area (Å²) in [5, 5.41) is 32.5. The number of benzene rings is 3. The van der Waals surface area contributed by atoms with Gasteiger partial charge in [-0.15, -0.1) is 0 Å². The van der Waals surface area contributed by atoms with Gasteiger partial charge < -0.3 is 29.3 Å². The molecule has 0 saturated heterocycles. The highest BCUT2D eigenvalue weighted by Gasteiger charge is 2.33. The van der Waals surface area contributed by atoms with Gasteiger partial charge in [0.25, 0.3) is 0 Å². The van der Waals surface area contributed by atoms with E-state index in [-0.39, 0.29) is 19.3 Å². The molecule has 1 aliphatic rings. The van der Waals surface area contributed by atoms with Crippen LogP contribution in [-0.4, -0.2) is 65.5 Å². The highest BCUT2D eigenvalue weighted by atomic mass is 35.5. The fraction of sp³-hybridized carbons (Fsp3) is 0.342. The first kappa shape index (κ1) is 36.9. The molecule has 2 atom stereocenters. The molecular weight excluding hydrogens is 679 g/mol. The SMILES string of the molecule is CN(C)CCCOc1cccc(-c2cccc3c2CC[C@@H]3Oc2cc(OCc3cncc(C#N)c3)c(CNC(C)(CO)C(=O)O)cc2Cl)c1Cl. The van der Waals surface area contributed by atoms with Crippen molar-refractivity contribution in [3.8, 4) is 34.4 Å². The van der Waals surface area contributed by atoms with Gasteiger partial charge >= 0.3 is 5.97 Å². The lowest BCUT2D eigenvalue weighted by Gasteiger charge is -2.25. The summed E-state index contributed by atoms with van der Waals surface area (Å²) in [5.41, 5.74) is 4.12. The highest BCUT2D eigenvalue weighted by molar-refractivity contribution is 6.35. The van der Waals surface area contributed by atoms with Crippen LogP contribution in [0.3, 0.4) is 0 Å². The zero-order valence-electron chi connectivity index (χ0n) is 28.2. The molecule has 0 amide bonds. The average Bonchev–Trinajstić information content (AvgIpc) is 3.52. The van der Waals surface area contributed by atoms with E-state index in [1.165, 1.54) is 13.1 Å². The molecule has 4 aromatic rings. The molecule has 10 nitrogen and oxygen atoms in total. The topological polar surface area (TPSA) is 137 Å². The number of hydrogen-bond acceptors (Lipinski definition) is 9. The molecule has 0 bridgehead atoms. The van der Waals surface area contributed by atoms with Crippen LogP contribution < -0.4 is 19.5 Å². The van der Waals surface area contributed by atoms with Crippen LogP contribution in [-0.2, 0) is 24.4 Å². The van der Waals surface area contributed by atoms with Crippen LogP contribution in [0.2, 0.25) is 10.0 Å². The molecule has 0 spiro atoms. The maximum atomic E-state index is 11.8. The maximum absolute atomic E-state index is 11.8. The predicted molar refractivity (Wildman–Crippen MR) is 192 cm³/mol. The monoisotopic (exact) mass is 718 g/mol. The van der Waals surface area contributed by atoms with Gasteiger partial charge in [0.15, 0.2) is 0 Å². The minimum atomic E-state index is -1.59. The van der Waals surface area contributed by atoms with Crippen LogP contribution >= 0.6 is 23.2 Å². The molecule has 5 rings (SSSR count). The van der Waals surface area contributed by atoms with Gasteiger partial charge in [0, 0.05) is 48.2 Å². The number of nitrogens with zero attached hydrogens (tertiary/aromatic N) is 3. The van der Waals surface area contributed by atoms with Gasteiger partial charge in [-0.2, -0.15) is 5.26 Å². The Bertz CT molecular complexity index is 1880. The number of aliphatic carboxylic acids is 1. The first-order valence-electron chi connectivity index (χ1n) is 16.3. The van der Waals surface area contributed by atoms with Crippen molar-refractivity contribution in [2.75, 3.05) is 33.9 Å². The zero-order chi connectivity index (χ0) is 35.8. The zero-order valence-corrected chi connectivity index (χ0v) is 29.7. The van der Waals surface area contributed by atoms with Crippen molar-refractivity contribution in [1.82, 2.24) is 15.2 Å². The number of pyridine rings is 1. The number of hydrogen-bond donors (Lipinski definition) is 3. The Labute approximate surface area is 302 Å². The summed E-state index contributed by atoms with van der Waals surface area (Å²) in [6.45, 7) is 2.37. The highest BCUT2D eigenvalue weighted by Crippen LogP contribution is 2.45. The van der Waals surface area contributed by atoms with Crippen molar-refractivity contribution in [2.45, 2.75) is 51.0 Å². The fourth-order valence-corrected chi connectivity index (χ4v) is 6.27. The third kappa shape index (κ3) is 8.67. The Hall–Kier alpha value is -4.37. The summed E-state index contributed by atoms with van der Waals surface area (Å²) in [6.07, 6.45) is 5.12. The quantitative estimate of drug-likeness (QED) is 0.106. The van der Waals surface area contributed by atoms with Crippen LogP contribution in [0.4, 0.5) is 0 Å². The number of carboxylic acids is 1. The largest absolute Gasteiger partial charge is 0.492 e. The second-order valence-corrected chi connectivity index (χ2v) is 13.4. The molecule has 12 heteroatoms. The van der Waals surface area contributed by atoms with E-state index in [1.807, 2.05) is 44.4 Å². The Morgan fingerprint density at radius 3 is 2.60 bits per heavy atom. The second kappa shape index (κ2) is 16.6.